The fourth-order valence-electron chi connectivity index (χ4n) is 4.53. The number of carbonyl (C=O) groups is 2. The van der Waals surface area contributed by atoms with Crippen LogP contribution in [0.5, 0.6) is 0 Å². The van der Waals surface area contributed by atoms with Gasteiger partial charge in [-0.2, -0.15) is 13.2 Å². The maximum atomic E-state index is 15.2. The van der Waals surface area contributed by atoms with E-state index in [1.807, 2.05) is 21.6 Å². The number of nitrogens with zero attached hydrogens (tertiary/aromatic N) is 2. The Morgan fingerprint density at radius 2 is 1.79 bits per heavy atom. The third kappa shape index (κ3) is 4.13. The summed E-state index contributed by atoms with van der Waals surface area (Å²) in [6.45, 7) is 0.670. The van der Waals surface area contributed by atoms with Crippen LogP contribution in [0.4, 0.5) is 23.2 Å². The predicted molar refractivity (Wildman–Crippen MR) is 114 cm³/mol. The molecule has 2 atom stereocenters. The molecule has 0 radical (unpaired) electrons. The van der Waals surface area contributed by atoms with Gasteiger partial charge in [-0.25, -0.2) is 14.0 Å². The molecule has 3 aliphatic rings. The van der Waals surface area contributed by atoms with E-state index < -0.39 is 29.4 Å². The number of anilines is 1. The third-order valence-corrected chi connectivity index (χ3v) is 6.24. The van der Waals surface area contributed by atoms with Crippen LogP contribution in [-0.4, -0.2) is 51.5 Å². The lowest BCUT2D eigenvalue weighted by atomic mass is 10.0. The number of pyridine rings is 1. The summed E-state index contributed by atoms with van der Waals surface area (Å²) in [5, 5.41) is 16.7. The van der Waals surface area contributed by atoms with Gasteiger partial charge in [0.05, 0.1) is 16.6 Å². The van der Waals surface area contributed by atoms with Crippen LogP contribution in [0.3, 0.4) is 0 Å². The second kappa shape index (κ2) is 8.42. The monoisotopic (exact) mass is 483 g/mol. The molecule has 5 rings (SSSR count). The number of fused-ring (bicyclic) bond motifs is 5. The lowest BCUT2D eigenvalue weighted by Gasteiger charge is -2.29. The van der Waals surface area contributed by atoms with E-state index in [0.29, 0.717) is 23.3 Å². The van der Waals surface area contributed by atoms with Crippen molar-refractivity contribution in [2.75, 3.05) is 11.4 Å². The Labute approximate surface area is 189 Å². The van der Waals surface area contributed by atoms with E-state index in [1.54, 1.807) is 0 Å². The number of nitrogens with two attached hydrogens (primary N) is 1. The van der Waals surface area contributed by atoms with E-state index in [-0.39, 0.29) is 29.1 Å². The van der Waals surface area contributed by atoms with Gasteiger partial charge >= 0.3 is 18.1 Å². The maximum absolute atomic E-state index is 15.2. The van der Waals surface area contributed by atoms with Crippen LogP contribution in [0.1, 0.15) is 47.6 Å². The topological polar surface area (TPSA) is 126 Å². The zero-order chi connectivity index (χ0) is 24.9. The zero-order valence-electron chi connectivity index (χ0n) is 17.7. The fraction of sp³-hybridized carbons (Fsp3) is 0.409. The molecule has 3 heterocycles. The van der Waals surface area contributed by atoms with E-state index in [4.69, 9.17) is 15.6 Å². The van der Waals surface area contributed by atoms with E-state index >= 15 is 4.39 Å². The number of carboxylic acids is 2. The minimum atomic E-state index is -5.08. The summed E-state index contributed by atoms with van der Waals surface area (Å²) in [6.07, 6.45) is 3.55. The standard InChI is InChI=1S/C20H20FN3O3.C2HF3O2/c21-14-8-12-17(24(10-4-5-10)9-13(19(12)25)20(26)27)11-2-1-3-16-15(22)6-7-23(16)18(11)14;3-2(4,5)1(6)7/h1-2,8-10,15-16H,3-7,22H2,(H,26,27);(H,6,7)/t15-,16-;/m1./s1. The summed E-state index contributed by atoms with van der Waals surface area (Å²) in [4.78, 5) is 35.2. The largest absolute Gasteiger partial charge is 0.490 e. The first-order valence-corrected chi connectivity index (χ1v) is 10.5. The Kier molecular flexibility index (Phi) is 5.88. The molecule has 0 amide bonds. The van der Waals surface area contributed by atoms with Crippen LogP contribution in [0.25, 0.3) is 17.0 Å². The first-order chi connectivity index (χ1) is 15.9. The van der Waals surface area contributed by atoms with Crippen LogP contribution in [-0.2, 0) is 4.79 Å². The van der Waals surface area contributed by atoms with Gasteiger partial charge in [0.25, 0.3) is 0 Å². The van der Waals surface area contributed by atoms with Gasteiger partial charge in [0.1, 0.15) is 11.4 Å². The average Bonchev–Trinajstić information content (AvgIpc) is 3.54. The quantitative estimate of drug-likeness (QED) is 0.561. The molecule has 1 aromatic carbocycles. The Bertz CT molecular complexity index is 1270. The number of halogens is 4. The molecule has 2 aliphatic heterocycles. The summed E-state index contributed by atoms with van der Waals surface area (Å²) in [5.74, 6) is -4.54. The molecule has 182 valence electrons. The first kappa shape index (κ1) is 23.7. The third-order valence-electron chi connectivity index (χ3n) is 6.24. The fourth-order valence-corrected chi connectivity index (χ4v) is 4.53. The van der Waals surface area contributed by atoms with Crippen molar-refractivity contribution in [3.63, 3.8) is 0 Å². The molecule has 34 heavy (non-hydrogen) atoms. The number of aromatic nitrogens is 1. The summed E-state index contributed by atoms with van der Waals surface area (Å²) < 4.78 is 48.8. The van der Waals surface area contributed by atoms with E-state index in [2.05, 4.69) is 0 Å². The van der Waals surface area contributed by atoms with Crippen molar-refractivity contribution >= 4 is 34.6 Å². The lowest BCUT2D eigenvalue weighted by molar-refractivity contribution is -0.192. The number of hydrogen-bond donors (Lipinski definition) is 3. The molecule has 1 saturated carbocycles. The molecule has 1 saturated heterocycles. The molecule has 1 aromatic heterocycles. The summed E-state index contributed by atoms with van der Waals surface area (Å²) >= 11 is 0. The molecular weight excluding hydrogens is 462 g/mol. The highest BCUT2D eigenvalue weighted by molar-refractivity contribution is 5.98. The number of rotatable bonds is 2. The molecule has 8 nitrogen and oxygen atoms in total. The summed E-state index contributed by atoms with van der Waals surface area (Å²) in [5.41, 5.74) is 7.04. The van der Waals surface area contributed by atoms with E-state index in [9.17, 15) is 27.9 Å². The van der Waals surface area contributed by atoms with Crippen LogP contribution < -0.4 is 16.1 Å². The first-order valence-electron chi connectivity index (χ1n) is 10.5. The smallest absolute Gasteiger partial charge is 0.477 e. The maximum Gasteiger partial charge on any atom is 0.490 e. The van der Waals surface area contributed by atoms with Crippen molar-refractivity contribution in [2.45, 2.75) is 50.0 Å². The second-order valence-corrected chi connectivity index (χ2v) is 8.49. The van der Waals surface area contributed by atoms with Crippen LogP contribution in [0, 0.1) is 5.82 Å². The van der Waals surface area contributed by atoms with Crippen molar-refractivity contribution < 1.29 is 37.4 Å². The molecule has 0 unspecified atom stereocenters. The number of alkyl halides is 3. The van der Waals surface area contributed by atoms with Gasteiger partial charge in [-0.1, -0.05) is 12.2 Å². The van der Waals surface area contributed by atoms with Gasteiger partial charge < -0.3 is 25.4 Å². The van der Waals surface area contributed by atoms with Gasteiger partial charge in [0.15, 0.2) is 0 Å². The Morgan fingerprint density at radius 3 is 2.35 bits per heavy atom. The Hall–Kier alpha value is -3.41. The SMILES string of the molecule is N[C@@H]1CCN2c3c(F)cc4c(=O)c(C(=O)O)cn(C5CC5)c4c3C=CC[C@H]12.O=C(O)C(F)(F)F. The molecule has 0 bridgehead atoms. The van der Waals surface area contributed by atoms with Gasteiger partial charge in [-0.05, 0) is 31.7 Å². The highest BCUT2D eigenvalue weighted by Crippen LogP contribution is 2.43. The molecule has 2 fully saturated rings. The van der Waals surface area contributed by atoms with E-state index in [1.165, 1.54) is 12.3 Å². The minimum Gasteiger partial charge on any atom is -0.477 e. The Balaban J connectivity index is 0.000000344. The normalized spacial score (nSPS) is 21.4. The minimum absolute atomic E-state index is 0.0179. The van der Waals surface area contributed by atoms with Gasteiger partial charge in [0, 0.05) is 36.4 Å². The summed E-state index contributed by atoms with van der Waals surface area (Å²) in [6, 6.07) is 1.38. The molecule has 0 spiro atoms. The molecule has 4 N–H and O–H groups in total. The average molecular weight is 483 g/mol. The van der Waals surface area contributed by atoms with Gasteiger partial charge in [-0.3, -0.25) is 4.79 Å². The van der Waals surface area contributed by atoms with Crippen molar-refractivity contribution in [3.05, 3.63) is 45.5 Å². The molecule has 12 heteroatoms. The van der Waals surface area contributed by atoms with Crippen molar-refractivity contribution in [3.8, 4) is 0 Å². The van der Waals surface area contributed by atoms with Crippen molar-refractivity contribution in [1.29, 1.82) is 0 Å². The lowest BCUT2D eigenvalue weighted by Crippen LogP contribution is -2.39. The van der Waals surface area contributed by atoms with Crippen LogP contribution in [0.15, 0.2) is 23.1 Å². The van der Waals surface area contributed by atoms with E-state index in [0.717, 1.165) is 25.7 Å². The van der Waals surface area contributed by atoms with Gasteiger partial charge in [0.2, 0.25) is 5.43 Å². The van der Waals surface area contributed by atoms with Gasteiger partial charge in [-0.15, -0.1) is 0 Å². The predicted octanol–water partition coefficient (Wildman–Crippen LogP) is 3.13. The molecule has 1 aliphatic carbocycles. The number of aliphatic carboxylic acids is 1. The van der Waals surface area contributed by atoms with Crippen molar-refractivity contribution in [2.24, 2.45) is 5.73 Å². The molecule has 2 aromatic rings. The highest BCUT2D eigenvalue weighted by atomic mass is 19.4. The van der Waals surface area contributed by atoms with Crippen molar-refractivity contribution in [1.82, 2.24) is 4.57 Å². The highest BCUT2D eigenvalue weighted by Gasteiger charge is 2.38. The zero-order valence-corrected chi connectivity index (χ0v) is 17.7. The number of hydrogen-bond acceptors (Lipinski definition) is 5. The number of benzene rings is 1. The number of aromatic carboxylic acids is 1. The second-order valence-electron chi connectivity index (χ2n) is 8.49. The summed E-state index contributed by atoms with van der Waals surface area (Å²) in [7, 11) is 0. The van der Waals surface area contributed by atoms with Crippen LogP contribution >= 0.6 is 0 Å². The molecular formula is C22H21F4N3O5. The number of carboxylic acid groups (broad SMARTS) is 2. The van der Waals surface area contributed by atoms with Crippen LogP contribution in [0.2, 0.25) is 0 Å². The Morgan fingerprint density at radius 1 is 1.15 bits per heavy atom.